The Labute approximate surface area is 117 Å². The maximum atomic E-state index is 11.2. The SMILES string of the molecule is [2H]C([2H])([2H])C(O)(C([2H])([2H])[2H])C1(C)c2ccccc2-c2ccccc21. The van der Waals surface area contributed by atoms with Crippen LogP contribution in [-0.2, 0) is 5.41 Å². The van der Waals surface area contributed by atoms with E-state index in [-0.39, 0.29) is 0 Å². The third-order valence-electron chi connectivity index (χ3n) is 3.95. The quantitative estimate of drug-likeness (QED) is 0.810. The molecule has 3 rings (SSSR count). The van der Waals surface area contributed by atoms with E-state index in [1.54, 1.807) is 24.3 Å². The Morgan fingerprint density at radius 2 is 1.39 bits per heavy atom. The molecule has 18 heavy (non-hydrogen) atoms. The average Bonchev–Trinajstić information content (AvgIpc) is 2.76. The van der Waals surface area contributed by atoms with Crippen LogP contribution in [0.4, 0.5) is 0 Å². The van der Waals surface area contributed by atoms with Gasteiger partial charge in [0.05, 0.1) is 5.60 Å². The van der Waals surface area contributed by atoms with Crippen LogP contribution in [0.15, 0.2) is 48.5 Å². The van der Waals surface area contributed by atoms with Gasteiger partial charge in [0, 0.05) is 13.6 Å². The fourth-order valence-electron chi connectivity index (χ4n) is 2.84. The van der Waals surface area contributed by atoms with Gasteiger partial charge in [-0.3, -0.25) is 0 Å². The molecule has 0 radical (unpaired) electrons. The molecule has 2 aromatic rings. The van der Waals surface area contributed by atoms with Gasteiger partial charge in [-0.25, -0.2) is 0 Å². The van der Waals surface area contributed by atoms with E-state index in [4.69, 9.17) is 8.22 Å². The second kappa shape index (κ2) is 3.46. The molecule has 1 aliphatic carbocycles. The molecule has 1 heteroatoms. The van der Waals surface area contributed by atoms with Gasteiger partial charge >= 0.3 is 0 Å². The molecule has 0 aromatic heterocycles. The summed E-state index contributed by atoms with van der Waals surface area (Å²) in [5, 5.41) is 11.2. The minimum Gasteiger partial charge on any atom is -0.389 e. The maximum Gasteiger partial charge on any atom is 0.0726 e. The highest BCUT2D eigenvalue weighted by molar-refractivity contribution is 5.81. The van der Waals surface area contributed by atoms with E-state index in [2.05, 4.69) is 0 Å². The fraction of sp³-hybridized carbons (Fsp3) is 0.294. The molecule has 0 amide bonds. The molecular weight excluding hydrogens is 220 g/mol. The van der Waals surface area contributed by atoms with Crippen molar-refractivity contribution in [2.75, 3.05) is 0 Å². The Morgan fingerprint density at radius 1 is 0.944 bits per heavy atom. The minimum absolute atomic E-state index is 0.515. The summed E-state index contributed by atoms with van der Waals surface area (Å²) in [4.78, 5) is 0. The monoisotopic (exact) mass is 244 g/mol. The van der Waals surface area contributed by atoms with Crippen molar-refractivity contribution in [3.63, 3.8) is 0 Å². The molecule has 92 valence electrons. The molecule has 0 unspecified atom stereocenters. The largest absolute Gasteiger partial charge is 0.389 e. The van der Waals surface area contributed by atoms with Gasteiger partial charge in [-0.2, -0.15) is 0 Å². The van der Waals surface area contributed by atoms with Crippen LogP contribution in [0.25, 0.3) is 11.1 Å². The third kappa shape index (κ3) is 1.25. The van der Waals surface area contributed by atoms with Gasteiger partial charge in [-0.15, -0.1) is 0 Å². The van der Waals surface area contributed by atoms with E-state index in [0.29, 0.717) is 11.1 Å². The molecule has 1 N–H and O–H groups in total. The molecule has 0 heterocycles. The Kier molecular flexibility index (Phi) is 1.25. The molecular formula is C17H18O. The predicted octanol–water partition coefficient (Wildman–Crippen LogP) is 3.74. The lowest BCUT2D eigenvalue weighted by molar-refractivity contribution is 0.0216. The minimum atomic E-state index is -3.10. The van der Waals surface area contributed by atoms with E-state index in [9.17, 15) is 5.11 Å². The summed E-state index contributed by atoms with van der Waals surface area (Å²) < 4.78 is 47.0. The first kappa shape index (κ1) is 6.53. The Hall–Kier alpha value is -1.60. The van der Waals surface area contributed by atoms with Gasteiger partial charge < -0.3 is 5.11 Å². The number of hydrogen-bond donors (Lipinski definition) is 1. The van der Waals surface area contributed by atoms with Gasteiger partial charge in [-0.1, -0.05) is 48.5 Å². The van der Waals surface area contributed by atoms with Crippen LogP contribution in [0.1, 0.15) is 40.0 Å². The zero-order chi connectivity index (χ0) is 18.0. The van der Waals surface area contributed by atoms with Gasteiger partial charge in [0.15, 0.2) is 0 Å². The second-order valence-electron chi connectivity index (χ2n) is 4.93. The summed E-state index contributed by atoms with van der Waals surface area (Å²) in [6, 6.07) is 14.1. The lowest BCUT2D eigenvalue weighted by Crippen LogP contribution is -2.44. The van der Waals surface area contributed by atoms with Crippen LogP contribution < -0.4 is 0 Å². The lowest BCUT2D eigenvalue weighted by atomic mass is 9.68. The molecule has 0 fully saturated rings. The van der Waals surface area contributed by atoms with Crippen molar-refractivity contribution in [2.24, 2.45) is 0 Å². The van der Waals surface area contributed by atoms with E-state index in [0.717, 1.165) is 11.1 Å². The topological polar surface area (TPSA) is 20.2 Å². The van der Waals surface area contributed by atoms with Crippen molar-refractivity contribution in [1.29, 1.82) is 0 Å². The van der Waals surface area contributed by atoms with Crippen LogP contribution in [0.2, 0.25) is 0 Å². The summed E-state index contributed by atoms with van der Waals surface area (Å²) in [6.07, 6.45) is 0. The zero-order valence-corrected chi connectivity index (χ0v) is 10.1. The molecule has 0 saturated carbocycles. The molecule has 0 aliphatic heterocycles. The maximum absolute atomic E-state index is 11.2. The molecule has 0 saturated heterocycles. The highest BCUT2D eigenvalue weighted by Gasteiger charge is 2.48. The highest BCUT2D eigenvalue weighted by Crippen LogP contribution is 2.53. The molecule has 1 nitrogen and oxygen atoms in total. The first-order chi connectivity index (χ1) is 11.0. The van der Waals surface area contributed by atoms with Crippen LogP contribution in [-0.4, -0.2) is 10.7 Å². The van der Waals surface area contributed by atoms with Crippen LogP contribution in [0.5, 0.6) is 0 Å². The van der Waals surface area contributed by atoms with Crippen molar-refractivity contribution in [3.05, 3.63) is 59.7 Å². The molecule has 2 aromatic carbocycles. The zero-order valence-electron chi connectivity index (χ0n) is 16.1. The lowest BCUT2D eigenvalue weighted by Gasteiger charge is -2.39. The van der Waals surface area contributed by atoms with Crippen molar-refractivity contribution < 1.29 is 13.3 Å². The number of benzene rings is 2. The number of aliphatic hydroxyl groups is 1. The number of rotatable bonds is 1. The summed E-state index contributed by atoms with van der Waals surface area (Å²) >= 11 is 0. The molecule has 0 atom stereocenters. The van der Waals surface area contributed by atoms with Crippen LogP contribution in [0.3, 0.4) is 0 Å². The number of hydrogen-bond acceptors (Lipinski definition) is 1. The van der Waals surface area contributed by atoms with Crippen LogP contribution in [0, 0.1) is 0 Å². The van der Waals surface area contributed by atoms with Crippen LogP contribution >= 0.6 is 0 Å². The predicted molar refractivity (Wildman–Crippen MR) is 74.6 cm³/mol. The summed E-state index contributed by atoms with van der Waals surface area (Å²) in [7, 11) is 0. The standard InChI is InChI=1S/C17H18O/c1-16(2,18)17(3)14-10-6-4-8-12(14)13-9-5-7-11-15(13)17/h4-11,18H,1-3H3/i1D3,2D3. The summed E-state index contributed by atoms with van der Waals surface area (Å²) in [5.41, 5.74) is -1.97. The highest BCUT2D eigenvalue weighted by atomic mass is 16.3. The van der Waals surface area contributed by atoms with Crippen molar-refractivity contribution in [2.45, 2.75) is 31.6 Å². The average molecular weight is 244 g/mol. The van der Waals surface area contributed by atoms with E-state index in [1.165, 1.54) is 6.92 Å². The van der Waals surface area contributed by atoms with Crippen molar-refractivity contribution >= 4 is 0 Å². The third-order valence-corrected chi connectivity index (χ3v) is 3.95. The smallest absolute Gasteiger partial charge is 0.0726 e. The second-order valence-corrected chi connectivity index (χ2v) is 4.93. The van der Waals surface area contributed by atoms with Gasteiger partial charge in [0.2, 0.25) is 0 Å². The summed E-state index contributed by atoms with van der Waals surface area (Å²) in [6.45, 7) is -4.69. The molecule has 1 aliphatic rings. The van der Waals surface area contributed by atoms with E-state index < -0.39 is 24.7 Å². The normalized spacial score (nSPS) is 22.6. The Balaban J connectivity index is 2.45. The van der Waals surface area contributed by atoms with Gasteiger partial charge in [-0.05, 0) is 42.9 Å². The summed E-state index contributed by atoms with van der Waals surface area (Å²) in [5.74, 6) is 0. The fourth-order valence-corrected chi connectivity index (χ4v) is 2.84. The molecule has 0 spiro atoms. The number of fused-ring (bicyclic) bond motifs is 3. The van der Waals surface area contributed by atoms with Gasteiger partial charge in [0.25, 0.3) is 0 Å². The van der Waals surface area contributed by atoms with E-state index in [1.807, 2.05) is 24.3 Å². The molecule has 0 bridgehead atoms. The van der Waals surface area contributed by atoms with E-state index >= 15 is 0 Å². The first-order valence-electron chi connectivity index (χ1n) is 8.88. The van der Waals surface area contributed by atoms with Crippen molar-refractivity contribution in [3.8, 4) is 11.1 Å². The Morgan fingerprint density at radius 3 is 1.83 bits per heavy atom. The van der Waals surface area contributed by atoms with Crippen molar-refractivity contribution in [1.82, 2.24) is 0 Å². The Bertz CT molecular complexity index is 731. The first-order valence-corrected chi connectivity index (χ1v) is 5.88. The van der Waals surface area contributed by atoms with Gasteiger partial charge in [0.1, 0.15) is 0 Å².